The van der Waals surface area contributed by atoms with E-state index in [1.807, 2.05) is 24.3 Å². The Morgan fingerprint density at radius 1 is 1.10 bits per heavy atom. The first-order valence-electron chi connectivity index (χ1n) is 7.57. The first kappa shape index (κ1) is 16.7. The molecule has 112 valence electrons. The summed E-state index contributed by atoms with van der Waals surface area (Å²) in [6.07, 6.45) is 3.79. The number of hydrogen-bond acceptors (Lipinski definition) is 2. The van der Waals surface area contributed by atoms with Gasteiger partial charge in [0.15, 0.2) is 0 Å². The molecule has 0 aliphatic heterocycles. The molecule has 20 heavy (non-hydrogen) atoms. The molecule has 2 N–H and O–H groups in total. The van der Waals surface area contributed by atoms with E-state index in [-0.39, 0.29) is 5.91 Å². The third kappa shape index (κ3) is 6.20. The zero-order valence-electron chi connectivity index (χ0n) is 13.2. The van der Waals surface area contributed by atoms with Crippen LogP contribution in [0.4, 0.5) is 0 Å². The van der Waals surface area contributed by atoms with Crippen LogP contribution in [0.15, 0.2) is 24.3 Å². The van der Waals surface area contributed by atoms with Gasteiger partial charge in [-0.3, -0.25) is 4.79 Å². The van der Waals surface area contributed by atoms with Crippen LogP contribution in [0.5, 0.6) is 0 Å². The summed E-state index contributed by atoms with van der Waals surface area (Å²) in [4.78, 5) is 11.4. The van der Waals surface area contributed by atoms with Crippen LogP contribution < -0.4 is 10.6 Å². The van der Waals surface area contributed by atoms with Crippen molar-refractivity contribution >= 4 is 5.91 Å². The Balaban J connectivity index is 2.32. The lowest BCUT2D eigenvalue weighted by Crippen LogP contribution is -2.25. The lowest BCUT2D eigenvalue weighted by atomic mass is 10.0. The summed E-state index contributed by atoms with van der Waals surface area (Å²) in [6.45, 7) is 7.63. The molecule has 1 unspecified atom stereocenters. The third-order valence-corrected chi connectivity index (χ3v) is 3.52. The minimum absolute atomic E-state index is 0.0356. The van der Waals surface area contributed by atoms with Crippen LogP contribution in [0.25, 0.3) is 0 Å². The molecule has 1 aromatic carbocycles. The summed E-state index contributed by atoms with van der Waals surface area (Å²) >= 11 is 0. The van der Waals surface area contributed by atoms with Gasteiger partial charge in [-0.05, 0) is 37.0 Å². The Kier molecular flexibility index (Phi) is 7.31. The molecular formula is C17H28N2O. The molecule has 0 saturated heterocycles. The second-order valence-electron chi connectivity index (χ2n) is 5.88. The lowest BCUT2D eigenvalue weighted by molar-refractivity contribution is 0.0963. The van der Waals surface area contributed by atoms with Crippen molar-refractivity contribution in [2.45, 2.75) is 52.6 Å². The third-order valence-electron chi connectivity index (χ3n) is 3.52. The number of nitrogens with one attached hydrogen (secondary N) is 2. The number of hydrogen-bond donors (Lipinski definition) is 2. The topological polar surface area (TPSA) is 41.1 Å². The highest BCUT2D eigenvalue weighted by Gasteiger charge is 2.04. The SMILES string of the molecule is CNC(=O)c1ccc(CNC(C)CCCC(C)C)cc1. The summed E-state index contributed by atoms with van der Waals surface area (Å²) in [7, 11) is 1.65. The van der Waals surface area contributed by atoms with Crippen molar-refractivity contribution in [3.05, 3.63) is 35.4 Å². The molecule has 0 saturated carbocycles. The molecule has 0 heterocycles. The van der Waals surface area contributed by atoms with Gasteiger partial charge in [-0.25, -0.2) is 0 Å². The van der Waals surface area contributed by atoms with Gasteiger partial charge >= 0.3 is 0 Å². The molecule has 0 aromatic heterocycles. The van der Waals surface area contributed by atoms with Crippen LogP contribution in [0, 0.1) is 5.92 Å². The Morgan fingerprint density at radius 3 is 2.30 bits per heavy atom. The smallest absolute Gasteiger partial charge is 0.251 e. The number of carbonyl (C=O) groups is 1. The molecule has 0 radical (unpaired) electrons. The predicted octanol–water partition coefficient (Wildman–Crippen LogP) is 3.35. The van der Waals surface area contributed by atoms with E-state index in [2.05, 4.69) is 31.4 Å². The molecule has 3 nitrogen and oxygen atoms in total. The second-order valence-corrected chi connectivity index (χ2v) is 5.88. The normalized spacial score (nSPS) is 12.4. The molecule has 0 spiro atoms. The maximum atomic E-state index is 11.4. The van der Waals surface area contributed by atoms with Crippen molar-refractivity contribution in [1.82, 2.24) is 10.6 Å². The predicted molar refractivity (Wildman–Crippen MR) is 84.8 cm³/mol. The van der Waals surface area contributed by atoms with Crippen molar-refractivity contribution in [2.75, 3.05) is 7.05 Å². The van der Waals surface area contributed by atoms with Gasteiger partial charge in [0.2, 0.25) is 0 Å². The van der Waals surface area contributed by atoms with E-state index in [1.54, 1.807) is 7.05 Å². The molecule has 1 aromatic rings. The van der Waals surface area contributed by atoms with E-state index in [4.69, 9.17) is 0 Å². The van der Waals surface area contributed by atoms with Crippen molar-refractivity contribution in [3.63, 3.8) is 0 Å². The Labute approximate surface area is 123 Å². The summed E-state index contributed by atoms with van der Waals surface area (Å²) < 4.78 is 0. The molecule has 1 amide bonds. The molecule has 0 aliphatic carbocycles. The highest BCUT2D eigenvalue weighted by molar-refractivity contribution is 5.93. The van der Waals surface area contributed by atoms with Crippen LogP contribution in [0.3, 0.4) is 0 Å². The molecule has 0 bridgehead atoms. The Bertz CT molecular complexity index is 398. The summed E-state index contributed by atoms with van der Waals surface area (Å²) in [5.74, 6) is 0.756. The van der Waals surface area contributed by atoms with E-state index in [0.717, 1.165) is 12.5 Å². The fraction of sp³-hybridized carbons (Fsp3) is 0.588. The molecule has 0 fully saturated rings. The second kappa shape index (κ2) is 8.75. The van der Waals surface area contributed by atoms with Crippen LogP contribution >= 0.6 is 0 Å². The minimum Gasteiger partial charge on any atom is -0.355 e. The average Bonchev–Trinajstić information content (AvgIpc) is 2.44. The molecule has 1 atom stereocenters. The van der Waals surface area contributed by atoms with Crippen LogP contribution in [-0.4, -0.2) is 19.0 Å². The zero-order valence-corrected chi connectivity index (χ0v) is 13.2. The summed E-state index contributed by atoms with van der Waals surface area (Å²) in [5.41, 5.74) is 1.93. The largest absolute Gasteiger partial charge is 0.355 e. The van der Waals surface area contributed by atoms with Crippen LogP contribution in [-0.2, 0) is 6.54 Å². The van der Waals surface area contributed by atoms with Crippen LogP contribution in [0.1, 0.15) is 56.0 Å². The standard InChI is InChI=1S/C17H28N2O/c1-13(2)6-5-7-14(3)19-12-15-8-10-16(11-9-15)17(20)18-4/h8-11,13-14,19H,5-7,12H2,1-4H3,(H,18,20). The quantitative estimate of drug-likeness (QED) is 0.764. The molecule has 1 rings (SSSR count). The fourth-order valence-electron chi connectivity index (χ4n) is 2.14. The van der Waals surface area contributed by atoms with Gasteiger partial charge in [0.25, 0.3) is 5.91 Å². The maximum absolute atomic E-state index is 11.4. The zero-order chi connectivity index (χ0) is 15.0. The van der Waals surface area contributed by atoms with Crippen molar-refractivity contribution in [2.24, 2.45) is 5.92 Å². The Hall–Kier alpha value is -1.35. The number of carbonyl (C=O) groups excluding carboxylic acids is 1. The number of amides is 1. The number of rotatable bonds is 8. The molecular weight excluding hydrogens is 248 g/mol. The van der Waals surface area contributed by atoms with Gasteiger partial charge in [0.05, 0.1) is 0 Å². The van der Waals surface area contributed by atoms with Crippen molar-refractivity contribution in [3.8, 4) is 0 Å². The van der Waals surface area contributed by atoms with Gasteiger partial charge in [-0.1, -0.05) is 38.8 Å². The average molecular weight is 276 g/mol. The van der Waals surface area contributed by atoms with Crippen LogP contribution in [0.2, 0.25) is 0 Å². The molecule has 3 heteroatoms. The first-order chi connectivity index (χ1) is 9.52. The van der Waals surface area contributed by atoms with Gasteiger partial charge in [0, 0.05) is 25.2 Å². The maximum Gasteiger partial charge on any atom is 0.251 e. The van der Waals surface area contributed by atoms with Gasteiger partial charge < -0.3 is 10.6 Å². The van der Waals surface area contributed by atoms with Gasteiger partial charge in [-0.15, -0.1) is 0 Å². The highest BCUT2D eigenvalue weighted by Crippen LogP contribution is 2.09. The van der Waals surface area contributed by atoms with Gasteiger partial charge in [0.1, 0.15) is 0 Å². The monoisotopic (exact) mass is 276 g/mol. The summed E-state index contributed by atoms with van der Waals surface area (Å²) in [5, 5.41) is 6.16. The van der Waals surface area contributed by atoms with E-state index >= 15 is 0 Å². The first-order valence-corrected chi connectivity index (χ1v) is 7.57. The summed E-state index contributed by atoms with van der Waals surface area (Å²) in [6, 6.07) is 8.31. The van der Waals surface area contributed by atoms with E-state index in [0.29, 0.717) is 11.6 Å². The van der Waals surface area contributed by atoms with E-state index in [1.165, 1.54) is 24.8 Å². The lowest BCUT2D eigenvalue weighted by Gasteiger charge is -2.14. The number of benzene rings is 1. The fourth-order valence-corrected chi connectivity index (χ4v) is 2.14. The Morgan fingerprint density at radius 2 is 1.75 bits per heavy atom. The van der Waals surface area contributed by atoms with Crippen molar-refractivity contribution in [1.29, 1.82) is 0 Å². The van der Waals surface area contributed by atoms with E-state index < -0.39 is 0 Å². The highest BCUT2D eigenvalue weighted by atomic mass is 16.1. The van der Waals surface area contributed by atoms with Crippen molar-refractivity contribution < 1.29 is 4.79 Å². The van der Waals surface area contributed by atoms with Gasteiger partial charge in [-0.2, -0.15) is 0 Å². The molecule has 0 aliphatic rings. The van der Waals surface area contributed by atoms with E-state index in [9.17, 15) is 4.79 Å². The minimum atomic E-state index is -0.0356.